The second kappa shape index (κ2) is 7.34. The summed E-state index contributed by atoms with van der Waals surface area (Å²) < 4.78 is 22.4. The largest absolute Gasteiger partial charge is 0.423 e. The first-order valence-corrected chi connectivity index (χ1v) is 11.4. The fourth-order valence-corrected chi connectivity index (χ4v) is 5.58. The molecule has 2 bridgehead atoms. The lowest BCUT2D eigenvalue weighted by atomic mass is 9.64. The van der Waals surface area contributed by atoms with Crippen LogP contribution in [0.4, 0.5) is 14.9 Å². The Morgan fingerprint density at radius 2 is 2.12 bits per heavy atom. The van der Waals surface area contributed by atoms with Crippen LogP contribution >= 0.6 is 0 Å². The molecule has 3 atom stereocenters. The van der Waals surface area contributed by atoms with Crippen molar-refractivity contribution in [1.82, 2.24) is 29.7 Å². The van der Waals surface area contributed by atoms with Crippen molar-refractivity contribution in [3.8, 4) is 11.4 Å². The van der Waals surface area contributed by atoms with Crippen LogP contribution in [-0.4, -0.2) is 41.8 Å². The molecular formula is C24H24FN7O2. The van der Waals surface area contributed by atoms with Crippen molar-refractivity contribution in [1.29, 1.82) is 0 Å². The maximum absolute atomic E-state index is 14.9. The number of aromatic nitrogens is 5. The molecule has 1 saturated carbocycles. The van der Waals surface area contributed by atoms with Crippen LogP contribution < -0.4 is 5.32 Å². The predicted molar refractivity (Wildman–Crippen MR) is 121 cm³/mol. The van der Waals surface area contributed by atoms with E-state index in [4.69, 9.17) is 4.42 Å². The van der Waals surface area contributed by atoms with E-state index in [2.05, 4.69) is 32.5 Å². The maximum atomic E-state index is 14.9. The SMILES string of the molecule is Cc1nnc([C@]23CC(C[C@@H](C)C2)N3C(=O)Nc2cc(-c3ncc4cccn4n3)c(C)cc2F)o1. The monoisotopic (exact) mass is 461 g/mol. The summed E-state index contributed by atoms with van der Waals surface area (Å²) in [5, 5.41) is 15.5. The van der Waals surface area contributed by atoms with E-state index in [0.29, 0.717) is 34.7 Å². The number of halogens is 1. The number of urea groups is 1. The summed E-state index contributed by atoms with van der Waals surface area (Å²) in [6, 6.07) is 6.43. The molecule has 0 radical (unpaired) electrons. The molecule has 34 heavy (non-hydrogen) atoms. The van der Waals surface area contributed by atoms with Gasteiger partial charge in [0.1, 0.15) is 11.4 Å². The third kappa shape index (κ3) is 3.08. The van der Waals surface area contributed by atoms with Gasteiger partial charge >= 0.3 is 6.03 Å². The van der Waals surface area contributed by atoms with Crippen molar-refractivity contribution in [2.45, 2.75) is 51.6 Å². The summed E-state index contributed by atoms with van der Waals surface area (Å²) in [5.74, 6) is 1.25. The lowest BCUT2D eigenvalue weighted by Crippen LogP contribution is -2.70. The highest BCUT2D eigenvalue weighted by molar-refractivity contribution is 5.92. The van der Waals surface area contributed by atoms with E-state index < -0.39 is 11.4 Å². The Morgan fingerprint density at radius 3 is 2.91 bits per heavy atom. The van der Waals surface area contributed by atoms with E-state index in [-0.39, 0.29) is 17.8 Å². The number of fused-ring (bicyclic) bond motifs is 3. The number of anilines is 1. The van der Waals surface area contributed by atoms with Crippen molar-refractivity contribution in [2.24, 2.45) is 5.92 Å². The van der Waals surface area contributed by atoms with E-state index in [0.717, 1.165) is 24.8 Å². The molecule has 2 fully saturated rings. The predicted octanol–water partition coefficient (Wildman–Crippen LogP) is 4.47. The van der Waals surface area contributed by atoms with E-state index in [1.54, 1.807) is 35.5 Å². The highest BCUT2D eigenvalue weighted by atomic mass is 19.1. The molecule has 0 spiro atoms. The second-order valence-corrected chi connectivity index (χ2v) is 9.47. The van der Waals surface area contributed by atoms with Gasteiger partial charge in [0.15, 0.2) is 5.82 Å². The quantitative estimate of drug-likeness (QED) is 0.483. The Kier molecular flexibility index (Phi) is 4.48. The minimum atomic E-state index is -0.653. The smallest absolute Gasteiger partial charge is 0.323 e. The molecule has 6 rings (SSSR count). The van der Waals surface area contributed by atoms with Crippen LogP contribution in [0.1, 0.15) is 43.5 Å². The summed E-state index contributed by atoms with van der Waals surface area (Å²) in [5.41, 5.74) is 1.61. The van der Waals surface area contributed by atoms with Crippen molar-refractivity contribution >= 4 is 17.2 Å². The Labute approximate surface area is 195 Å². The lowest BCUT2D eigenvalue weighted by molar-refractivity contribution is -0.110. The molecule has 4 aromatic rings. The first-order chi connectivity index (χ1) is 16.3. The van der Waals surface area contributed by atoms with Crippen LogP contribution in [0.15, 0.2) is 41.1 Å². The number of rotatable bonds is 3. The van der Waals surface area contributed by atoms with Gasteiger partial charge in [0.25, 0.3) is 0 Å². The number of aryl methyl sites for hydroxylation is 2. The number of nitrogens with one attached hydrogen (secondary N) is 1. The number of amides is 2. The van der Waals surface area contributed by atoms with Crippen LogP contribution in [0, 0.1) is 25.6 Å². The zero-order chi connectivity index (χ0) is 23.6. The number of carbonyl (C=O) groups excluding carboxylic acids is 1. The summed E-state index contributed by atoms with van der Waals surface area (Å²) in [7, 11) is 0. The van der Waals surface area contributed by atoms with Crippen LogP contribution in [-0.2, 0) is 5.54 Å². The van der Waals surface area contributed by atoms with E-state index >= 15 is 0 Å². The molecule has 1 aromatic carbocycles. The maximum Gasteiger partial charge on any atom is 0.323 e. The summed E-state index contributed by atoms with van der Waals surface area (Å²) in [6.07, 6.45) is 5.91. The molecule has 4 heterocycles. The minimum Gasteiger partial charge on any atom is -0.423 e. The Bertz CT molecular complexity index is 1430. The van der Waals surface area contributed by atoms with Gasteiger partial charge in [0, 0.05) is 31.1 Å². The lowest BCUT2D eigenvalue weighted by Gasteiger charge is -2.61. The number of likely N-dealkylation sites (tertiary alicyclic amines) is 1. The number of hydrogen-bond donors (Lipinski definition) is 1. The third-order valence-corrected chi connectivity index (χ3v) is 6.98. The highest BCUT2D eigenvalue weighted by Crippen LogP contribution is 2.55. The molecule has 174 valence electrons. The van der Waals surface area contributed by atoms with Crippen LogP contribution in [0.2, 0.25) is 0 Å². The third-order valence-electron chi connectivity index (χ3n) is 6.98. The van der Waals surface area contributed by atoms with Crippen molar-refractivity contribution in [3.63, 3.8) is 0 Å². The number of hydrogen-bond acceptors (Lipinski definition) is 6. The number of piperidine rings is 1. The molecule has 2 amide bonds. The zero-order valence-electron chi connectivity index (χ0n) is 19.1. The van der Waals surface area contributed by atoms with Gasteiger partial charge in [-0.2, -0.15) is 0 Å². The minimum absolute atomic E-state index is 0.0448. The van der Waals surface area contributed by atoms with Gasteiger partial charge in [-0.05, 0) is 55.5 Å². The fraction of sp³-hybridized carbons (Fsp3) is 0.375. The van der Waals surface area contributed by atoms with Gasteiger partial charge in [-0.25, -0.2) is 18.7 Å². The number of nitrogens with zero attached hydrogens (tertiary/aromatic N) is 6. The normalized spacial score (nSPS) is 23.7. The molecular weight excluding hydrogens is 437 g/mol. The van der Waals surface area contributed by atoms with Gasteiger partial charge in [-0.3, -0.25) is 0 Å². The molecule has 1 N–H and O–H groups in total. The van der Waals surface area contributed by atoms with Crippen molar-refractivity contribution in [2.75, 3.05) is 5.32 Å². The van der Waals surface area contributed by atoms with Gasteiger partial charge in [0.05, 0.1) is 17.4 Å². The highest BCUT2D eigenvalue weighted by Gasteiger charge is 2.62. The van der Waals surface area contributed by atoms with Crippen LogP contribution in [0.5, 0.6) is 0 Å². The van der Waals surface area contributed by atoms with Gasteiger partial charge in [-0.1, -0.05) is 6.92 Å². The van der Waals surface area contributed by atoms with Crippen molar-refractivity contribution < 1.29 is 13.6 Å². The molecule has 3 aromatic heterocycles. The first-order valence-electron chi connectivity index (χ1n) is 11.4. The number of carbonyl (C=O) groups is 1. The summed E-state index contributed by atoms with van der Waals surface area (Å²) in [6.45, 7) is 5.69. The standard InChI is InChI=1S/C24H24FN7O2/c1-13-7-17-11-24(10-13,22-29-28-15(3)34-22)32(17)23(33)27-20-9-18(14(2)8-19(20)25)21-26-12-16-5-4-6-31(16)30-21/h4-6,8-9,12-13,17H,7,10-11H2,1-3H3,(H,27,33)/t13-,17?,24-/m1/s1. The van der Waals surface area contributed by atoms with E-state index in [1.165, 1.54) is 6.07 Å². The van der Waals surface area contributed by atoms with Crippen molar-refractivity contribution in [3.05, 3.63) is 59.8 Å². The Hall–Kier alpha value is -3.82. The van der Waals surface area contributed by atoms with Gasteiger partial charge in [-0.15, -0.1) is 15.3 Å². The molecule has 9 nitrogen and oxygen atoms in total. The topological polar surface area (TPSA) is 101 Å². The van der Waals surface area contributed by atoms with E-state index in [9.17, 15) is 9.18 Å². The number of benzene rings is 1. The molecule has 1 saturated heterocycles. The van der Waals surface area contributed by atoms with Crippen LogP contribution in [0.3, 0.4) is 0 Å². The zero-order valence-corrected chi connectivity index (χ0v) is 19.1. The molecule has 1 unspecified atom stereocenters. The summed E-state index contributed by atoms with van der Waals surface area (Å²) >= 11 is 0. The Balaban J connectivity index is 1.33. The molecule has 2 aliphatic rings. The average Bonchev–Trinajstić information content (AvgIpc) is 3.43. The van der Waals surface area contributed by atoms with E-state index in [1.807, 2.05) is 18.3 Å². The second-order valence-electron chi connectivity index (χ2n) is 9.47. The van der Waals surface area contributed by atoms with Crippen LogP contribution in [0.25, 0.3) is 16.9 Å². The van der Waals surface area contributed by atoms with Gasteiger partial charge < -0.3 is 14.6 Å². The molecule has 1 aliphatic carbocycles. The first kappa shape index (κ1) is 20.8. The average molecular weight is 462 g/mol. The Morgan fingerprint density at radius 1 is 1.26 bits per heavy atom. The molecule has 1 aliphatic heterocycles. The fourth-order valence-electron chi connectivity index (χ4n) is 5.58. The summed E-state index contributed by atoms with van der Waals surface area (Å²) in [4.78, 5) is 19.6. The van der Waals surface area contributed by atoms with Gasteiger partial charge in [0.2, 0.25) is 11.8 Å². The molecule has 10 heteroatoms.